The summed E-state index contributed by atoms with van der Waals surface area (Å²) in [7, 11) is 0. The summed E-state index contributed by atoms with van der Waals surface area (Å²) < 4.78 is 0. The summed E-state index contributed by atoms with van der Waals surface area (Å²) in [6.45, 7) is 10.2. The molecule has 1 fully saturated rings. The first kappa shape index (κ1) is 14.5. The SMILES string of the molecule is C=C(C)C(=O)CC(CC)(CC)C1CCCCC1. The topological polar surface area (TPSA) is 17.1 Å². The van der Waals surface area contributed by atoms with E-state index in [1.54, 1.807) is 0 Å². The van der Waals surface area contributed by atoms with Crippen LogP contribution < -0.4 is 0 Å². The minimum atomic E-state index is 0.246. The van der Waals surface area contributed by atoms with Gasteiger partial charge in [0.15, 0.2) is 5.78 Å². The van der Waals surface area contributed by atoms with Crippen LogP contribution in [0.3, 0.4) is 0 Å². The molecule has 0 aliphatic heterocycles. The maximum atomic E-state index is 12.0. The normalized spacial score (nSPS) is 18.1. The summed E-state index contributed by atoms with van der Waals surface area (Å²) in [5.74, 6) is 1.04. The highest BCUT2D eigenvalue weighted by Gasteiger charge is 2.37. The predicted octanol–water partition coefficient (Wildman–Crippen LogP) is 4.91. The van der Waals surface area contributed by atoms with E-state index in [9.17, 15) is 4.79 Å². The van der Waals surface area contributed by atoms with Crippen molar-refractivity contribution >= 4 is 5.78 Å². The lowest BCUT2D eigenvalue weighted by Crippen LogP contribution is -2.33. The van der Waals surface area contributed by atoms with Crippen LogP contribution in [0.4, 0.5) is 0 Å². The molecule has 1 aliphatic carbocycles. The van der Waals surface area contributed by atoms with Crippen molar-refractivity contribution in [2.75, 3.05) is 0 Å². The van der Waals surface area contributed by atoms with E-state index in [4.69, 9.17) is 0 Å². The highest BCUT2D eigenvalue weighted by atomic mass is 16.1. The summed E-state index contributed by atoms with van der Waals surface area (Å²) in [6, 6.07) is 0. The van der Waals surface area contributed by atoms with Gasteiger partial charge in [-0.2, -0.15) is 0 Å². The van der Waals surface area contributed by atoms with Gasteiger partial charge in [0.2, 0.25) is 0 Å². The Hall–Kier alpha value is -0.590. The van der Waals surface area contributed by atoms with Crippen LogP contribution in [0.25, 0.3) is 0 Å². The third-order valence-electron chi connectivity index (χ3n) is 4.87. The minimum Gasteiger partial charge on any atom is -0.295 e. The summed E-state index contributed by atoms with van der Waals surface area (Å²) in [5, 5.41) is 0. The van der Waals surface area contributed by atoms with Gasteiger partial charge in [-0.1, -0.05) is 39.7 Å². The maximum Gasteiger partial charge on any atom is 0.158 e. The Kier molecular flexibility index (Phi) is 5.42. The van der Waals surface area contributed by atoms with Crippen molar-refractivity contribution in [3.63, 3.8) is 0 Å². The van der Waals surface area contributed by atoms with Crippen LogP contribution in [-0.4, -0.2) is 5.78 Å². The van der Waals surface area contributed by atoms with Crippen molar-refractivity contribution in [2.45, 2.75) is 72.1 Å². The van der Waals surface area contributed by atoms with E-state index >= 15 is 0 Å². The lowest BCUT2D eigenvalue weighted by Gasteiger charge is -2.41. The standard InChI is InChI=1S/C16H28O/c1-5-16(6-2,12-15(17)13(3)4)14-10-8-7-9-11-14/h14H,3,5-12H2,1-2,4H3. The van der Waals surface area contributed by atoms with Gasteiger partial charge < -0.3 is 0 Å². The predicted molar refractivity (Wildman–Crippen MR) is 74.0 cm³/mol. The first-order valence-corrected chi connectivity index (χ1v) is 7.24. The summed E-state index contributed by atoms with van der Waals surface area (Å²) >= 11 is 0. The van der Waals surface area contributed by atoms with Gasteiger partial charge in [-0.05, 0) is 49.5 Å². The van der Waals surface area contributed by atoms with Gasteiger partial charge in [-0.25, -0.2) is 0 Å². The zero-order chi connectivity index (χ0) is 12.9. The summed E-state index contributed by atoms with van der Waals surface area (Å²) in [6.07, 6.45) is 9.73. The molecule has 1 heteroatoms. The van der Waals surface area contributed by atoms with Gasteiger partial charge in [0.05, 0.1) is 0 Å². The van der Waals surface area contributed by atoms with Crippen LogP contribution in [0, 0.1) is 11.3 Å². The van der Waals surface area contributed by atoms with Crippen molar-refractivity contribution in [1.29, 1.82) is 0 Å². The van der Waals surface area contributed by atoms with Gasteiger partial charge in [-0.15, -0.1) is 0 Å². The van der Waals surface area contributed by atoms with E-state index in [0.29, 0.717) is 0 Å². The van der Waals surface area contributed by atoms with Crippen molar-refractivity contribution in [2.24, 2.45) is 11.3 Å². The second kappa shape index (κ2) is 6.37. The molecule has 0 aromatic carbocycles. The highest BCUT2D eigenvalue weighted by molar-refractivity contribution is 5.94. The molecular weight excluding hydrogens is 208 g/mol. The zero-order valence-corrected chi connectivity index (χ0v) is 11.8. The molecule has 0 bridgehead atoms. The summed E-state index contributed by atoms with van der Waals surface area (Å²) in [5.41, 5.74) is 0.975. The van der Waals surface area contributed by atoms with Crippen molar-refractivity contribution in [3.8, 4) is 0 Å². The minimum absolute atomic E-state index is 0.246. The molecule has 0 aromatic heterocycles. The second-order valence-electron chi connectivity index (χ2n) is 5.78. The molecule has 0 aromatic rings. The van der Waals surface area contributed by atoms with E-state index in [2.05, 4.69) is 20.4 Å². The lowest BCUT2D eigenvalue weighted by atomic mass is 9.63. The van der Waals surface area contributed by atoms with Gasteiger partial charge in [0.1, 0.15) is 0 Å². The van der Waals surface area contributed by atoms with E-state index in [1.165, 1.54) is 32.1 Å². The molecule has 1 saturated carbocycles. The average molecular weight is 236 g/mol. The van der Waals surface area contributed by atoms with E-state index in [-0.39, 0.29) is 11.2 Å². The first-order valence-electron chi connectivity index (χ1n) is 7.24. The van der Waals surface area contributed by atoms with Gasteiger partial charge in [-0.3, -0.25) is 4.79 Å². The van der Waals surface area contributed by atoms with Crippen molar-refractivity contribution in [3.05, 3.63) is 12.2 Å². The molecule has 0 N–H and O–H groups in total. The number of carbonyl (C=O) groups is 1. The lowest BCUT2D eigenvalue weighted by molar-refractivity contribution is -0.119. The number of hydrogen-bond donors (Lipinski definition) is 0. The largest absolute Gasteiger partial charge is 0.295 e. The molecule has 0 saturated heterocycles. The fourth-order valence-corrected chi connectivity index (χ4v) is 3.41. The number of allylic oxidation sites excluding steroid dienone is 1. The third-order valence-corrected chi connectivity index (χ3v) is 4.87. The Labute approximate surface area is 107 Å². The fourth-order valence-electron chi connectivity index (χ4n) is 3.41. The number of hydrogen-bond acceptors (Lipinski definition) is 1. The molecule has 0 amide bonds. The zero-order valence-electron chi connectivity index (χ0n) is 11.8. The highest BCUT2D eigenvalue weighted by Crippen LogP contribution is 2.46. The van der Waals surface area contributed by atoms with Gasteiger partial charge in [0.25, 0.3) is 0 Å². The Bertz CT molecular complexity index is 267. The second-order valence-corrected chi connectivity index (χ2v) is 5.78. The first-order chi connectivity index (χ1) is 8.05. The molecule has 1 rings (SSSR count). The Morgan fingerprint density at radius 1 is 1.18 bits per heavy atom. The number of rotatable bonds is 6. The molecule has 1 aliphatic rings. The van der Waals surface area contributed by atoms with E-state index in [1.807, 2.05) is 6.92 Å². The van der Waals surface area contributed by atoms with Crippen molar-refractivity contribution in [1.82, 2.24) is 0 Å². The van der Waals surface area contributed by atoms with Crippen LogP contribution in [0.15, 0.2) is 12.2 Å². The summed E-state index contributed by atoms with van der Waals surface area (Å²) in [4.78, 5) is 12.0. The molecule has 0 unspecified atom stereocenters. The monoisotopic (exact) mass is 236 g/mol. The molecule has 17 heavy (non-hydrogen) atoms. The van der Waals surface area contributed by atoms with E-state index in [0.717, 1.165) is 30.8 Å². The molecule has 98 valence electrons. The quantitative estimate of drug-likeness (QED) is 0.599. The van der Waals surface area contributed by atoms with Crippen LogP contribution in [0.2, 0.25) is 0 Å². The fraction of sp³-hybridized carbons (Fsp3) is 0.812. The Morgan fingerprint density at radius 3 is 2.12 bits per heavy atom. The molecule has 0 atom stereocenters. The molecule has 0 heterocycles. The molecule has 1 nitrogen and oxygen atoms in total. The van der Waals surface area contributed by atoms with Crippen LogP contribution in [0.1, 0.15) is 72.1 Å². The molecular formula is C16H28O. The smallest absolute Gasteiger partial charge is 0.158 e. The number of carbonyl (C=O) groups excluding carboxylic acids is 1. The molecule has 0 radical (unpaired) electrons. The Balaban J connectivity index is 2.79. The number of ketones is 1. The average Bonchev–Trinajstić information content (AvgIpc) is 2.36. The van der Waals surface area contributed by atoms with Crippen molar-refractivity contribution < 1.29 is 4.79 Å². The van der Waals surface area contributed by atoms with Gasteiger partial charge >= 0.3 is 0 Å². The molecule has 0 spiro atoms. The van der Waals surface area contributed by atoms with Gasteiger partial charge in [0, 0.05) is 6.42 Å². The van der Waals surface area contributed by atoms with E-state index < -0.39 is 0 Å². The Morgan fingerprint density at radius 2 is 1.71 bits per heavy atom. The number of Topliss-reactive ketones (excluding diaryl/α,β-unsaturated/α-hetero) is 1. The van der Waals surface area contributed by atoms with Crippen LogP contribution in [-0.2, 0) is 4.79 Å². The third kappa shape index (κ3) is 3.43. The van der Waals surface area contributed by atoms with Crippen LogP contribution >= 0.6 is 0 Å². The van der Waals surface area contributed by atoms with Crippen LogP contribution in [0.5, 0.6) is 0 Å². The maximum absolute atomic E-state index is 12.0.